The van der Waals surface area contributed by atoms with Crippen LogP contribution in [0.2, 0.25) is 0 Å². The number of hydrogen-bond donors (Lipinski definition) is 1. The number of ether oxygens (including phenoxy) is 1. The van der Waals surface area contributed by atoms with Crippen molar-refractivity contribution in [2.45, 2.75) is 19.8 Å². The van der Waals surface area contributed by atoms with Gasteiger partial charge in [0.1, 0.15) is 5.75 Å². The molecule has 0 radical (unpaired) electrons. The van der Waals surface area contributed by atoms with Gasteiger partial charge < -0.3 is 10.1 Å². The van der Waals surface area contributed by atoms with Crippen molar-refractivity contribution in [3.8, 4) is 11.8 Å². The third-order valence-corrected chi connectivity index (χ3v) is 3.20. The summed E-state index contributed by atoms with van der Waals surface area (Å²) >= 11 is 0. The first-order valence-electron chi connectivity index (χ1n) is 6.14. The van der Waals surface area contributed by atoms with Gasteiger partial charge in [0.2, 0.25) is 0 Å². The Morgan fingerprint density at radius 3 is 3.06 bits per heavy atom. The Labute approximate surface area is 102 Å². The second kappa shape index (κ2) is 5.70. The van der Waals surface area contributed by atoms with Crippen LogP contribution in [0.15, 0.2) is 18.2 Å². The van der Waals surface area contributed by atoms with Crippen molar-refractivity contribution < 1.29 is 4.74 Å². The molecule has 3 heteroatoms. The van der Waals surface area contributed by atoms with Gasteiger partial charge in [-0.3, -0.25) is 0 Å². The van der Waals surface area contributed by atoms with E-state index in [2.05, 4.69) is 11.4 Å². The molecule has 0 spiro atoms. The third-order valence-electron chi connectivity index (χ3n) is 3.20. The summed E-state index contributed by atoms with van der Waals surface area (Å²) in [7, 11) is 0. The minimum Gasteiger partial charge on any atom is -0.493 e. The Kier molecular flexibility index (Phi) is 4.00. The molecule has 0 amide bonds. The molecule has 0 aliphatic carbocycles. The molecule has 1 heterocycles. The number of benzene rings is 1. The summed E-state index contributed by atoms with van der Waals surface area (Å²) in [6, 6.07) is 7.80. The highest BCUT2D eigenvalue weighted by Crippen LogP contribution is 2.18. The lowest BCUT2D eigenvalue weighted by Gasteiger charge is -2.22. The SMILES string of the molecule is Cc1cc(OCC2CCCNC2)ccc1C#N. The molecule has 1 aliphatic heterocycles. The van der Waals surface area contributed by atoms with Crippen LogP contribution < -0.4 is 10.1 Å². The summed E-state index contributed by atoms with van der Waals surface area (Å²) in [5.41, 5.74) is 1.70. The molecule has 1 aliphatic rings. The van der Waals surface area contributed by atoms with Gasteiger partial charge in [-0.1, -0.05) is 0 Å². The van der Waals surface area contributed by atoms with Gasteiger partial charge in [-0.2, -0.15) is 5.26 Å². The molecule has 1 N–H and O–H groups in total. The smallest absolute Gasteiger partial charge is 0.119 e. The molecule has 90 valence electrons. The van der Waals surface area contributed by atoms with Crippen molar-refractivity contribution in [1.82, 2.24) is 5.32 Å². The minimum absolute atomic E-state index is 0.611. The highest BCUT2D eigenvalue weighted by molar-refractivity contribution is 5.41. The Bertz CT molecular complexity index is 417. The van der Waals surface area contributed by atoms with E-state index in [4.69, 9.17) is 10.00 Å². The maximum absolute atomic E-state index is 8.84. The number of hydrogen-bond acceptors (Lipinski definition) is 3. The highest BCUT2D eigenvalue weighted by Gasteiger charge is 2.13. The van der Waals surface area contributed by atoms with Crippen LogP contribution in [0.1, 0.15) is 24.0 Å². The van der Waals surface area contributed by atoms with Gasteiger partial charge in [0.25, 0.3) is 0 Å². The Balaban J connectivity index is 1.90. The summed E-state index contributed by atoms with van der Waals surface area (Å²) in [6.07, 6.45) is 2.47. The quantitative estimate of drug-likeness (QED) is 0.866. The predicted molar refractivity (Wildman–Crippen MR) is 67.0 cm³/mol. The molecule has 1 unspecified atom stereocenters. The van der Waals surface area contributed by atoms with Crippen molar-refractivity contribution >= 4 is 0 Å². The molecule has 1 fully saturated rings. The van der Waals surface area contributed by atoms with Crippen molar-refractivity contribution in [2.24, 2.45) is 5.92 Å². The Hall–Kier alpha value is -1.53. The molecule has 3 nitrogen and oxygen atoms in total. The number of nitrogens with zero attached hydrogens (tertiary/aromatic N) is 1. The van der Waals surface area contributed by atoms with E-state index in [0.717, 1.165) is 36.6 Å². The van der Waals surface area contributed by atoms with Crippen molar-refractivity contribution in [2.75, 3.05) is 19.7 Å². The van der Waals surface area contributed by atoms with Crippen LogP contribution in [0.5, 0.6) is 5.75 Å². The normalized spacial score (nSPS) is 19.6. The molecule has 0 saturated carbocycles. The van der Waals surface area contributed by atoms with Crippen LogP contribution in [0.3, 0.4) is 0 Å². The second-order valence-electron chi connectivity index (χ2n) is 4.61. The summed E-state index contributed by atoms with van der Waals surface area (Å²) in [5, 5.41) is 12.2. The zero-order chi connectivity index (χ0) is 12.1. The molecular weight excluding hydrogens is 212 g/mol. The van der Waals surface area contributed by atoms with Gasteiger partial charge in [-0.25, -0.2) is 0 Å². The van der Waals surface area contributed by atoms with Crippen LogP contribution in [0.4, 0.5) is 0 Å². The van der Waals surface area contributed by atoms with Crippen LogP contribution in [0, 0.1) is 24.2 Å². The van der Waals surface area contributed by atoms with Gasteiger partial charge in [0, 0.05) is 12.5 Å². The minimum atomic E-state index is 0.611. The Morgan fingerprint density at radius 2 is 2.41 bits per heavy atom. The maximum atomic E-state index is 8.84. The number of aryl methyl sites for hydroxylation is 1. The van der Waals surface area contributed by atoms with Crippen LogP contribution in [-0.2, 0) is 0 Å². The van der Waals surface area contributed by atoms with Gasteiger partial charge in [-0.15, -0.1) is 0 Å². The summed E-state index contributed by atoms with van der Waals surface area (Å²) in [4.78, 5) is 0. The number of nitriles is 1. The molecule has 0 bridgehead atoms. The molecular formula is C14H18N2O. The van der Waals surface area contributed by atoms with E-state index in [1.54, 1.807) is 0 Å². The van der Waals surface area contributed by atoms with Crippen LogP contribution in [0.25, 0.3) is 0 Å². The lowest BCUT2D eigenvalue weighted by molar-refractivity contribution is 0.218. The van der Waals surface area contributed by atoms with Gasteiger partial charge in [0.15, 0.2) is 0 Å². The van der Waals surface area contributed by atoms with Crippen molar-refractivity contribution in [3.05, 3.63) is 29.3 Å². The maximum Gasteiger partial charge on any atom is 0.119 e. The fraction of sp³-hybridized carbons (Fsp3) is 0.500. The Morgan fingerprint density at radius 1 is 1.53 bits per heavy atom. The predicted octanol–water partition coefficient (Wildman–Crippen LogP) is 2.25. The van der Waals surface area contributed by atoms with Crippen LogP contribution >= 0.6 is 0 Å². The van der Waals surface area contributed by atoms with Gasteiger partial charge >= 0.3 is 0 Å². The fourth-order valence-corrected chi connectivity index (χ4v) is 2.13. The average molecular weight is 230 g/mol. The standard InChI is InChI=1S/C14H18N2O/c1-11-7-14(5-4-13(11)8-15)17-10-12-3-2-6-16-9-12/h4-5,7,12,16H,2-3,6,9-10H2,1H3. The first kappa shape index (κ1) is 11.9. The molecule has 1 atom stereocenters. The van der Waals surface area contributed by atoms with Crippen LogP contribution in [-0.4, -0.2) is 19.7 Å². The molecule has 0 aromatic heterocycles. The number of nitrogens with one attached hydrogen (secondary N) is 1. The summed E-state index contributed by atoms with van der Waals surface area (Å²) in [6.45, 7) is 4.88. The van der Waals surface area contributed by atoms with Gasteiger partial charge in [-0.05, 0) is 50.1 Å². The monoisotopic (exact) mass is 230 g/mol. The van der Waals surface area contributed by atoms with Crippen molar-refractivity contribution in [1.29, 1.82) is 5.26 Å². The lowest BCUT2D eigenvalue weighted by atomic mass is 10.0. The lowest BCUT2D eigenvalue weighted by Crippen LogP contribution is -2.33. The van der Waals surface area contributed by atoms with E-state index in [1.807, 2.05) is 25.1 Å². The molecule has 1 aromatic carbocycles. The average Bonchev–Trinajstić information content (AvgIpc) is 2.38. The topological polar surface area (TPSA) is 45.0 Å². The highest BCUT2D eigenvalue weighted by atomic mass is 16.5. The molecule has 1 saturated heterocycles. The largest absolute Gasteiger partial charge is 0.493 e. The zero-order valence-corrected chi connectivity index (χ0v) is 10.2. The molecule has 17 heavy (non-hydrogen) atoms. The second-order valence-corrected chi connectivity index (χ2v) is 4.61. The van der Waals surface area contributed by atoms with E-state index in [-0.39, 0.29) is 0 Å². The third kappa shape index (κ3) is 3.21. The van der Waals surface area contributed by atoms with E-state index < -0.39 is 0 Å². The first-order chi connectivity index (χ1) is 8.29. The van der Waals surface area contributed by atoms with Crippen molar-refractivity contribution in [3.63, 3.8) is 0 Å². The zero-order valence-electron chi connectivity index (χ0n) is 10.2. The fourth-order valence-electron chi connectivity index (χ4n) is 2.13. The number of rotatable bonds is 3. The van der Waals surface area contributed by atoms with E-state index >= 15 is 0 Å². The summed E-state index contributed by atoms with van der Waals surface area (Å²) < 4.78 is 5.78. The molecule has 2 rings (SSSR count). The molecule has 1 aromatic rings. The first-order valence-corrected chi connectivity index (χ1v) is 6.14. The van der Waals surface area contributed by atoms with E-state index in [1.165, 1.54) is 12.8 Å². The number of piperidine rings is 1. The van der Waals surface area contributed by atoms with E-state index in [0.29, 0.717) is 5.92 Å². The van der Waals surface area contributed by atoms with E-state index in [9.17, 15) is 0 Å². The summed E-state index contributed by atoms with van der Waals surface area (Å²) in [5.74, 6) is 1.48. The van der Waals surface area contributed by atoms with Gasteiger partial charge in [0.05, 0.1) is 18.2 Å².